The van der Waals surface area contributed by atoms with Crippen LogP contribution in [0.5, 0.6) is 0 Å². The van der Waals surface area contributed by atoms with Crippen molar-refractivity contribution in [2.75, 3.05) is 7.11 Å². The standard InChI is InChI=1S/C15H13F4N3O4/c1-3-11(23)13(24)22(25-2)7-9-5-4-8(6-10(9)16)12-20-14(26-21-12)15(17,18)19/h4-6H,3,7H2,1-2H3. The van der Waals surface area contributed by atoms with E-state index in [0.29, 0.717) is 5.06 Å². The van der Waals surface area contributed by atoms with Gasteiger partial charge in [-0.1, -0.05) is 24.2 Å². The fraction of sp³-hybridized carbons (Fsp3) is 0.333. The predicted octanol–water partition coefficient (Wildman–Crippen LogP) is 2.76. The summed E-state index contributed by atoms with van der Waals surface area (Å²) in [7, 11) is 1.14. The number of carbonyl (C=O) groups excluding carboxylic acids is 2. The smallest absolute Gasteiger partial charge is 0.329 e. The van der Waals surface area contributed by atoms with Crippen LogP contribution in [0.2, 0.25) is 0 Å². The normalized spacial score (nSPS) is 11.5. The summed E-state index contributed by atoms with van der Waals surface area (Å²) in [5.74, 6) is -4.49. The molecule has 0 radical (unpaired) electrons. The van der Waals surface area contributed by atoms with Crippen molar-refractivity contribution in [2.24, 2.45) is 0 Å². The number of benzene rings is 1. The summed E-state index contributed by atoms with van der Waals surface area (Å²) in [6, 6.07) is 3.35. The molecule has 1 aromatic heterocycles. The number of rotatable bonds is 6. The number of ketones is 1. The minimum absolute atomic E-state index is 0.0209. The molecule has 0 aliphatic rings. The van der Waals surface area contributed by atoms with Gasteiger partial charge in [0.1, 0.15) is 5.82 Å². The van der Waals surface area contributed by atoms with Gasteiger partial charge in [0, 0.05) is 17.5 Å². The van der Waals surface area contributed by atoms with Crippen LogP contribution in [-0.4, -0.2) is 34.0 Å². The molecule has 26 heavy (non-hydrogen) atoms. The number of carbonyl (C=O) groups is 2. The fourth-order valence-corrected chi connectivity index (χ4v) is 1.93. The Morgan fingerprint density at radius 2 is 2.00 bits per heavy atom. The van der Waals surface area contributed by atoms with Crippen LogP contribution in [0, 0.1) is 5.82 Å². The maximum Gasteiger partial charge on any atom is 0.471 e. The highest BCUT2D eigenvalue weighted by atomic mass is 19.4. The van der Waals surface area contributed by atoms with E-state index in [1.54, 1.807) is 0 Å². The monoisotopic (exact) mass is 375 g/mol. The molecule has 0 aliphatic heterocycles. The van der Waals surface area contributed by atoms with E-state index >= 15 is 0 Å². The van der Waals surface area contributed by atoms with Crippen LogP contribution in [0.1, 0.15) is 24.8 Å². The third-order valence-electron chi connectivity index (χ3n) is 3.30. The SMILES string of the molecule is CCC(=O)C(=O)N(Cc1ccc(-c2noc(C(F)(F)F)n2)cc1F)OC. The molecule has 1 heterocycles. The first-order valence-electron chi connectivity index (χ1n) is 7.25. The summed E-state index contributed by atoms with van der Waals surface area (Å²) in [6.07, 6.45) is -4.85. The summed E-state index contributed by atoms with van der Waals surface area (Å²) < 4.78 is 55.7. The first-order chi connectivity index (χ1) is 12.2. The Balaban J connectivity index is 2.23. The summed E-state index contributed by atoms with van der Waals surface area (Å²) in [4.78, 5) is 31.2. The highest BCUT2D eigenvalue weighted by Gasteiger charge is 2.38. The lowest BCUT2D eigenvalue weighted by Gasteiger charge is -2.19. The van der Waals surface area contributed by atoms with Crippen molar-refractivity contribution in [2.45, 2.75) is 26.1 Å². The van der Waals surface area contributed by atoms with Crippen LogP contribution in [0.3, 0.4) is 0 Å². The van der Waals surface area contributed by atoms with Gasteiger partial charge in [-0.2, -0.15) is 18.2 Å². The van der Waals surface area contributed by atoms with Gasteiger partial charge in [-0.15, -0.1) is 0 Å². The first kappa shape index (κ1) is 19.5. The third kappa shape index (κ3) is 4.23. The molecule has 0 saturated heterocycles. The van der Waals surface area contributed by atoms with Crippen molar-refractivity contribution >= 4 is 11.7 Å². The van der Waals surface area contributed by atoms with Crippen LogP contribution in [-0.2, 0) is 27.1 Å². The van der Waals surface area contributed by atoms with Gasteiger partial charge in [0.15, 0.2) is 0 Å². The molecule has 1 amide bonds. The Bertz CT molecular complexity index is 819. The van der Waals surface area contributed by atoms with E-state index in [-0.39, 0.29) is 24.1 Å². The van der Waals surface area contributed by atoms with Crippen molar-refractivity contribution in [1.82, 2.24) is 15.2 Å². The Morgan fingerprint density at radius 1 is 1.31 bits per heavy atom. The van der Waals surface area contributed by atoms with Gasteiger partial charge in [0.2, 0.25) is 11.6 Å². The highest BCUT2D eigenvalue weighted by molar-refractivity contribution is 6.35. The maximum atomic E-state index is 14.2. The lowest BCUT2D eigenvalue weighted by molar-refractivity contribution is -0.182. The van der Waals surface area contributed by atoms with E-state index in [9.17, 15) is 27.2 Å². The van der Waals surface area contributed by atoms with Gasteiger partial charge in [-0.25, -0.2) is 9.45 Å². The number of alkyl halides is 3. The van der Waals surface area contributed by atoms with Crippen LogP contribution in [0.4, 0.5) is 17.6 Å². The van der Waals surface area contributed by atoms with Crippen LogP contribution < -0.4 is 0 Å². The van der Waals surface area contributed by atoms with Crippen molar-refractivity contribution in [3.8, 4) is 11.4 Å². The summed E-state index contributed by atoms with van der Waals surface area (Å²) in [5.41, 5.74) is -0.0715. The van der Waals surface area contributed by atoms with Crippen molar-refractivity contribution in [3.63, 3.8) is 0 Å². The molecule has 0 bridgehead atoms. The molecule has 0 atom stereocenters. The molecule has 7 nitrogen and oxygen atoms in total. The minimum atomic E-state index is -4.81. The summed E-state index contributed by atoms with van der Waals surface area (Å²) >= 11 is 0. The molecule has 0 spiro atoms. The second-order valence-corrected chi connectivity index (χ2v) is 5.03. The van der Waals surface area contributed by atoms with E-state index in [0.717, 1.165) is 13.2 Å². The molecule has 2 rings (SSSR count). The average molecular weight is 375 g/mol. The maximum absolute atomic E-state index is 14.2. The lowest BCUT2D eigenvalue weighted by atomic mass is 10.1. The molecule has 0 aliphatic carbocycles. The van der Waals surface area contributed by atoms with E-state index in [1.807, 2.05) is 0 Å². The molecule has 0 unspecified atom stereocenters. The number of halogens is 4. The molecular weight excluding hydrogens is 362 g/mol. The zero-order valence-corrected chi connectivity index (χ0v) is 13.6. The van der Waals surface area contributed by atoms with Gasteiger partial charge in [0.05, 0.1) is 13.7 Å². The van der Waals surface area contributed by atoms with Gasteiger partial charge in [-0.05, 0) is 6.07 Å². The number of hydrogen-bond donors (Lipinski definition) is 0. The molecule has 11 heteroatoms. The quantitative estimate of drug-likeness (QED) is 0.438. The molecule has 2 aromatic rings. The number of Topliss-reactive ketones (excluding diaryl/α,β-unsaturated/α-hetero) is 1. The molecular formula is C15H13F4N3O4. The van der Waals surface area contributed by atoms with Gasteiger partial charge in [-0.3, -0.25) is 14.4 Å². The van der Waals surface area contributed by atoms with Crippen LogP contribution >= 0.6 is 0 Å². The molecule has 0 N–H and O–H groups in total. The van der Waals surface area contributed by atoms with E-state index in [4.69, 9.17) is 4.84 Å². The van der Waals surface area contributed by atoms with Gasteiger partial charge >= 0.3 is 18.0 Å². The predicted molar refractivity (Wildman–Crippen MR) is 77.6 cm³/mol. The number of hydrogen-bond acceptors (Lipinski definition) is 6. The highest BCUT2D eigenvalue weighted by Crippen LogP contribution is 2.29. The third-order valence-corrected chi connectivity index (χ3v) is 3.30. The zero-order chi connectivity index (χ0) is 19.5. The number of aromatic nitrogens is 2. The molecule has 1 aromatic carbocycles. The van der Waals surface area contributed by atoms with Crippen LogP contribution in [0.25, 0.3) is 11.4 Å². The van der Waals surface area contributed by atoms with Crippen molar-refractivity contribution in [1.29, 1.82) is 0 Å². The Labute approximate surface area is 144 Å². The Kier molecular flexibility index (Phi) is 5.70. The number of hydroxylamine groups is 2. The second kappa shape index (κ2) is 7.60. The summed E-state index contributed by atoms with van der Waals surface area (Å²) in [5, 5.41) is 3.84. The van der Waals surface area contributed by atoms with E-state index in [2.05, 4.69) is 14.7 Å². The van der Waals surface area contributed by atoms with Gasteiger partial charge < -0.3 is 4.52 Å². The van der Waals surface area contributed by atoms with E-state index in [1.165, 1.54) is 19.1 Å². The fourth-order valence-electron chi connectivity index (χ4n) is 1.93. The van der Waals surface area contributed by atoms with E-state index < -0.39 is 35.4 Å². The average Bonchev–Trinajstić information content (AvgIpc) is 3.10. The zero-order valence-electron chi connectivity index (χ0n) is 13.6. The molecule has 0 saturated carbocycles. The van der Waals surface area contributed by atoms with Gasteiger partial charge in [0.25, 0.3) is 0 Å². The number of amides is 1. The number of nitrogens with zero attached hydrogens (tertiary/aromatic N) is 3. The lowest BCUT2D eigenvalue weighted by Crippen LogP contribution is -2.35. The topological polar surface area (TPSA) is 85.5 Å². The molecule has 140 valence electrons. The van der Waals surface area contributed by atoms with Crippen molar-refractivity contribution in [3.05, 3.63) is 35.5 Å². The largest absolute Gasteiger partial charge is 0.471 e. The summed E-state index contributed by atoms with van der Waals surface area (Å²) in [6.45, 7) is 1.12. The van der Waals surface area contributed by atoms with Crippen LogP contribution in [0.15, 0.2) is 22.7 Å². The minimum Gasteiger partial charge on any atom is -0.329 e. The Hall–Kier alpha value is -2.82. The Morgan fingerprint density at radius 3 is 2.50 bits per heavy atom. The second-order valence-electron chi connectivity index (χ2n) is 5.03. The van der Waals surface area contributed by atoms with Crippen molar-refractivity contribution < 1.29 is 36.5 Å². The first-order valence-corrected chi connectivity index (χ1v) is 7.25. The molecule has 0 fully saturated rings.